The largest absolute Gasteiger partial charge is 0.390 e. The van der Waals surface area contributed by atoms with Gasteiger partial charge < -0.3 is 10.4 Å². The maximum Gasteiger partial charge on any atom is 0.0684 e. The Labute approximate surface area is 107 Å². The molecule has 2 N–H and O–H groups in total. The predicted octanol–water partition coefficient (Wildman–Crippen LogP) is 2.00. The van der Waals surface area contributed by atoms with Crippen LogP contribution in [0.25, 0.3) is 0 Å². The molecule has 3 heteroatoms. The molecule has 1 aliphatic rings. The lowest BCUT2D eigenvalue weighted by molar-refractivity contribution is -0.0118. The van der Waals surface area contributed by atoms with Crippen LogP contribution >= 0.6 is 0 Å². The van der Waals surface area contributed by atoms with Crippen molar-refractivity contribution in [1.82, 2.24) is 10.2 Å². The zero-order chi connectivity index (χ0) is 12.9. The van der Waals surface area contributed by atoms with Crippen molar-refractivity contribution in [2.45, 2.75) is 71.1 Å². The van der Waals surface area contributed by atoms with E-state index in [1.165, 1.54) is 6.42 Å². The Morgan fingerprint density at radius 1 is 1.24 bits per heavy atom. The Kier molecular flexibility index (Phi) is 5.90. The number of nitrogens with one attached hydrogen (secondary N) is 1. The highest BCUT2D eigenvalue weighted by Gasteiger charge is 2.30. The molecule has 17 heavy (non-hydrogen) atoms. The summed E-state index contributed by atoms with van der Waals surface area (Å²) >= 11 is 0. The van der Waals surface area contributed by atoms with E-state index < -0.39 is 5.60 Å². The molecule has 102 valence electrons. The molecular formula is C14H30N2O. The maximum atomic E-state index is 10.5. The molecule has 1 heterocycles. The van der Waals surface area contributed by atoms with Crippen LogP contribution in [0.5, 0.6) is 0 Å². The molecule has 0 aliphatic carbocycles. The van der Waals surface area contributed by atoms with Gasteiger partial charge in [-0.3, -0.25) is 4.90 Å². The van der Waals surface area contributed by atoms with E-state index in [0.29, 0.717) is 12.1 Å². The monoisotopic (exact) mass is 242 g/mol. The van der Waals surface area contributed by atoms with Crippen molar-refractivity contribution in [3.8, 4) is 0 Å². The molecule has 0 bridgehead atoms. The SMILES string of the molecule is CCC(C)N(CCC1(O)CCNCC1)C(C)C. The van der Waals surface area contributed by atoms with Gasteiger partial charge in [-0.2, -0.15) is 0 Å². The van der Waals surface area contributed by atoms with E-state index in [2.05, 4.69) is 37.9 Å². The van der Waals surface area contributed by atoms with Gasteiger partial charge in [-0.05, 0) is 59.5 Å². The van der Waals surface area contributed by atoms with Gasteiger partial charge in [-0.15, -0.1) is 0 Å². The van der Waals surface area contributed by atoms with Crippen molar-refractivity contribution in [3.63, 3.8) is 0 Å². The lowest BCUT2D eigenvalue weighted by Gasteiger charge is -2.38. The van der Waals surface area contributed by atoms with Gasteiger partial charge >= 0.3 is 0 Å². The van der Waals surface area contributed by atoms with E-state index in [9.17, 15) is 5.11 Å². The first-order valence-corrected chi connectivity index (χ1v) is 7.17. The Balaban J connectivity index is 2.45. The van der Waals surface area contributed by atoms with Crippen LogP contribution in [-0.4, -0.2) is 47.3 Å². The minimum atomic E-state index is -0.425. The number of hydrogen-bond acceptors (Lipinski definition) is 3. The summed E-state index contributed by atoms with van der Waals surface area (Å²) in [6, 6.07) is 1.18. The normalized spacial score (nSPS) is 22.1. The summed E-state index contributed by atoms with van der Waals surface area (Å²) in [5, 5.41) is 13.8. The quantitative estimate of drug-likeness (QED) is 0.748. The van der Waals surface area contributed by atoms with E-state index in [0.717, 1.165) is 38.9 Å². The Hall–Kier alpha value is -0.120. The Bertz CT molecular complexity index is 212. The second-order valence-corrected chi connectivity index (χ2v) is 5.81. The average molecular weight is 242 g/mol. The first-order chi connectivity index (χ1) is 7.98. The van der Waals surface area contributed by atoms with Crippen molar-refractivity contribution < 1.29 is 5.11 Å². The first kappa shape index (κ1) is 14.9. The highest BCUT2D eigenvalue weighted by molar-refractivity contribution is 4.86. The molecule has 0 saturated carbocycles. The van der Waals surface area contributed by atoms with Crippen molar-refractivity contribution in [2.75, 3.05) is 19.6 Å². The van der Waals surface area contributed by atoms with Gasteiger partial charge in [0, 0.05) is 18.6 Å². The summed E-state index contributed by atoms with van der Waals surface area (Å²) in [6.45, 7) is 12.0. The molecule has 0 aromatic rings. The van der Waals surface area contributed by atoms with E-state index >= 15 is 0 Å². The molecule has 1 fully saturated rings. The lowest BCUT2D eigenvalue weighted by atomic mass is 9.88. The molecule has 1 rings (SSSR count). The van der Waals surface area contributed by atoms with Gasteiger partial charge in [0.1, 0.15) is 0 Å². The molecule has 1 atom stereocenters. The topological polar surface area (TPSA) is 35.5 Å². The first-order valence-electron chi connectivity index (χ1n) is 7.17. The number of rotatable bonds is 6. The third kappa shape index (κ3) is 4.57. The van der Waals surface area contributed by atoms with Crippen LogP contribution in [0.1, 0.15) is 53.4 Å². The second-order valence-electron chi connectivity index (χ2n) is 5.81. The Morgan fingerprint density at radius 3 is 2.29 bits per heavy atom. The standard InChI is InChI=1S/C14H30N2O/c1-5-13(4)16(12(2)3)11-8-14(17)6-9-15-10-7-14/h12-13,15,17H,5-11H2,1-4H3. The van der Waals surface area contributed by atoms with Crippen molar-refractivity contribution in [1.29, 1.82) is 0 Å². The highest BCUT2D eigenvalue weighted by Crippen LogP contribution is 2.23. The fraction of sp³-hybridized carbons (Fsp3) is 1.00. The fourth-order valence-electron chi connectivity index (χ4n) is 2.70. The van der Waals surface area contributed by atoms with Gasteiger partial charge in [0.25, 0.3) is 0 Å². The van der Waals surface area contributed by atoms with Crippen LogP contribution < -0.4 is 5.32 Å². The zero-order valence-electron chi connectivity index (χ0n) is 12.0. The highest BCUT2D eigenvalue weighted by atomic mass is 16.3. The zero-order valence-corrected chi connectivity index (χ0v) is 12.0. The van der Waals surface area contributed by atoms with Gasteiger partial charge in [0.15, 0.2) is 0 Å². The number of aliphatic hydroxyl groups is 1. The summed E-state index contributed by atoms with van der Waals surface area (Å²) in [5.74, 6) is 0. The summed E-state index contributed by atoms with van der Waals surface area (Å²) in [7, 11) is 0. The molecule has 3 nitrogen and oxygen atoms in total. The van der Waals surface area contributed by atoms with Crippen LogP contribution in [0.15, 0.2) is 0 Å². The summed E-state index contributed by atoms with van der Waals surface area (Å²) in [6.07, 6.45) is 3.90. The molecule has 0 aromatic carbocycles. The molecule has 0 spiro atoms. The fourth-order valence-corrected chi connectivity index (χ4v) is 2.70. The van der Waals surface area contributed by atoms with Crippen LogP contribution in [0.4, 0.5) is 0 Å². The van der Waals surface area contributed by atoms with Gasteiger partial charge in [0.05, 0.1) is 5.60 Å². The molecule has 1 unspecified atom stereocenters. The molecule has 0 aromatic heterocycles. The van der Waals surface area contributed by atoms with Crippen LogP contribution in [0.2, 0.25) is 0 Å². The average Bonchev–Trinajstić information content (AvgIpc) is 2.29. The van der Waals surface area contributed by atoms with E-state index in [-0.39, 0.29) is 0 Å². The van der Waals surface area contributed by atoms with Crippen molar-refractivity contribution >= 4 is 0 Å². The maximum absolute atomic E-state index is 10.5. The minimum Gasteiger partial charge on any atom is -0.390 e. The van der Waals surface area contributed by atoms with Crippen molar-refractivity contribution in [3.05, 3.63) is 0 Å². The number of piperidine rings is 1. The number of hydrogen-bond donors (Lipinski definition) is 2. The van der Waals surface area contributed by atoms with Gasteiger partial charge in [-0.25, -0.2) is 0 Å². The summed E-state index contributed by atoms with van der Waals surface area (Å²) in [5.41, 5.74) is -0.425. The minimum absolute atomic E-state index is 0.425. The molecule has 0 radical (unpaired) electrons. The van der Waals surface area contributed by atoms with E-state index in [1.54, 1.807) is 0 Å². The molecule has 1 aliphatic heterocycles. The lowest BCUT2D eigenvalue weighted by Crippen LogP contribution is -2.46. The predicted molar refractivity (Wildman–Crippen MR) is 73.3 cm³/mol. The summed E-state index contributed by atoms with van der Waals surface area (Å²) in [4.78, 5) is 2.51. The number of nitrogens with zero attached hydrogens (tertiary/aromatic N) is 1. The van der Waals surface area contributed by atoms with Gasteiger partial charge in [0.2, 0.25) is 0 Å². The smallest absolute Gasteiger partial charge is 0.0684 e. The second kappa shape index (κ2) is 6.72. The summed E-state index contributed by atoms with van der Waals surface area (Å²) < 4.78 is 0. The van der Waals surface area contributed by atoms with Crippen LogP contribution in [0, 0.1) is 0 Å². The molecular weight excluding hydrogens is 212 g/mol. The Morgan fingerprint density at radius 2 is 1.82 bits per heavy atom. The van der Waals surface area contributed by atoms with Crippen LogP contribution in [-0.2, 0) is 0 Å². The third-order valence-electron chi connectivity index (χ3n) is 4.19. The third-order valence-corrected chi connectivity index (χ3v) is 4.19. The van der Waals surface area contributed by atoms with Gasteiger partial charge in [-0.1, -0.05) is 6.92 Å². The molecule has 1 saturated heterocycles. The van der Waals surface area contributed by atoms with Crippen molar-refractivity contribution in [2.24, 2.45) is 0 Å². The van der Waals surface area contributed by atoms with E-state index in [4.69, 9.17) is 0 Å². The molecule has 0 amide bonds. The van der Waals surface area contributed by atoms with E-state index in [1.807, 2.05) is 0 Å². The van der Waals surface area contributed by atoms with Crippen LogP contribution in [0.3, 0.4) is 0 Å².